The smallest absolute Gasteiger partial charge is 0.318 e. The lowest BCUT2D eigenvalue weighted by molar-refractivity contribution is 0.176. The Morgan fingerprint density at radius 3 is 2.87 bits per heavy atom. The van der Waals surface area contributed by atoms with Gasteiger partial charge in [-0.2, -0.15) is 0 Å². The summed E-state index contributed by atoms with van der Waals surface area (Å²) in [5, 5.41) is 6.21. The minimum absolute atomic E-state index is 0.134. The van der Waals surface area contributed by atoms with E-state index in [1.165, 1.54) is 0 Å². The molecule has 0 radical (unpaired) electrons. The number of fused-ring (bicyclic) bond motifs is 7. The van der Waals surface area contributed by atoms with Crippen molar-refractivity contribution in [3.05, 3.63) is 52.6 Å². The number of imidazole rings is 1. The standard InChI is InChI=1S/C27H33N7O3S/c1-5-34-18(3)21-13-19(23(36-4)14-29-21)22-15-33-11-10-28-24(33)25(31-22)37-12-8-6-7-9-20(32-27(34)35)26-30-17(2)16-38-26/h10-11,13-16,18,20H,5-9,12H2,1-4H3,(H,32,35)/t18-,20?/m1/s1. The van der Waals surface area contributed by atoms with Crippen LogP contribution in [0.3, 0.4) is 0 Å². The normalized spacial score (nSPS) is 19.1. The van der Waals surface area contributed by atoms with E-state index in [0.717, 1.165) is 47.6 Å². The lowest BCUT2D eigenvalue weighted by Gasteiger charge is -2.30. The van der Waals surface area contributed by atoms with Crippen molar-refractivity contribution in [2.45, 2.75) is 58.5 Å². The highest BCUT2D eigenvalue weighted by Crippen LogP contribution is 2.34. The van der Waals surface area contributed by atoms with E-state index >= 15 is 0 Å². The van der Waals surface area contributed by atoms with Crippen LogP contribution in [0.15, 0.2) is 36.2 Å². The molecule has 1 N–H and O–H groups in total. The summed E-state index contributed by atoms with van der Waals surface area (Å²) < 4.78 is 13.7. The number of urea groups is 1. The zero-order valence-electron chi connectivity index (χ0n) is 22.2. The summed E-state index contributed by atoms with van der Waals surface area (Å²) in [6, 6.07) is 1.37. The predicted molar refractivity (Wildman–Crippen MR) is 146 cm³/mol. The van der Waals surface area contributed by atoms with Crippen molar-refractivity contribution < 1.29 is 14.3 Å². The first-order valence-electron chi connectivity index (χ1n) is 13.0. The van der Waals surface area contributed by atoms with Gasteiger partial charge in [-0.25, -0.2) is 19.7 Å². The number of aromatic nitrogens is 5. The molecule has 0 saturated heterocycles. The van der Waals surface area contributed by atoms with Crippen molar-refractivity contribution in [3.8, 4) is 22.9 Å². The molecular formula is C27H33N7O3S. The second-order valence-corrected chi connectivity index (χ2v) is 10.3. The minimum Gasteiger partial charge on any atom is -0.494 e. The molecule has 2 atom stereocenters. The lowest BCUT2D eigenvalue weighted by atomic mass is 10.1. The van der Waals surface area contributed by atoms with E-state index in [0.29, 0.717) is 36.1 Å². The maximum atomic E-state index is 13.6. The number of pyridine rings is 1. The molecule has 0 fully saturated rings. The van der Waals surface area contributed by atoms with E-state index in [4.69, 9.17) is 14.5 Å². The fourth-order valence-electron chi connectivity index (χ4n) is 4.75. The van der Waals surface area contributed by atoms with Crippen molar-refractivity contribution in [2.24, 2.45) is 0 Å². The summed E-state index contributed by atoms with van der Waals surface area (Å²) in [6.45, 7) is 6.98. The number of ether oxygens (including phenoxy) is 2. The number of carbonyl (C=O) groups excluding carboxylic acids is 1. The van der Waals surface area contributed by atoms with E-state index in [2.05, 4.69) is 20.3 Å². The predicted octanol–water partition coefficient (Wildman–Crippen LogP) is 5.35. The van der Waals surface area contributed by atoms with Gasteiger partial charge in [0.05, 0.1) is 43.4 Å². The molecule has 5 heterocycles. The van der Waals surface area contributed by atoms with Gasteiger partial charge in [0.15, 0.2) is 0 Å². The zero-order chi connectivity index (χ0) is 26.6. The number of rotatable bonds is 3. The minimum atomic E-state index is -0.285. The van der Waals surface area contributed by atoms with Crippen LogP contribution < -0.4 is 14.8 Å². The number of nitrogens with zero attached hydrogens (tertiary/aromatic N) is 6. The molecule has 4 bridgehead atoms. The summed E-state index contributed by atoms with van der Waals surface area (Å²) in [4.78, 5) is 34.0. The second kappa shape index (κ2) is 11.3. The number of thiazole rings is 1. The molecule has 4 aromatic heterocycles. The Morgan fingerprint density at radius 1 is 1.24 bits per heavy atom. The summed E-state index contributed by atoms with van der Waals surface area (Å²) in [6.07, 6.45) is 10.7. The van der Waals surface area contributed by atoms with Crippen molar-refractivity contribution in [1.29, 1.82) is 0 Å². The second-order valence-electron chi connectivity index (χ2n) is 9.39. The van der Waals surface area contributed by atoms with Crippen LogP contribution in [-0.2, 0) is 0 Å². The highest BCUT2D eigenvalue weighted by Gasteiger charge is 2.26. The quantitative estimate of drug-likeness (QED) is 0.377. The first kappa shape index (κ1) is 25.9. The summed E-state index contributed by atoms with van der Waals surface area (Å²) in [7, 11) is 1.61. The fourth-order valence-corrected chi connectivity index (χ4v) is 5.63. The third-order valence-corrected chi connectivity index (χ3v) is 7.91. The van der Waals surface area contributed by atoms with E-state index in [9.17, 15) is 4.79 Å². The first-order valence-corrected chi connectivity index (χ1v) is 13.9. The van der Waals surface area contributed by atoms with Crippen LogP contribution in [0.25, 0.3) is 16.9 Å². The third kappa shape index (κ3) is 5.28. The molecule has 10 nitrogen and oxygen atoms in total. The molecule has 2 amide bonds. The van der Waals surface area contributed by atoms with Gasteiger partial charge in [0.25, 0.3) is 5.88 Å². The van der Waals surface area contributed by atoms with Gasteiger partial charge in [-0.3, -0.25) is 4.98 Å². The van der Waals surface area contributed by atoms with Gasteiger partial charge in [-0.1, -0.05) is 6.42 Å². The van der Waals surface area contributed by atoms with Crippen molar-refractivity contribution in [2.75, 3.05) is 20.3 Å². The Kier molecular flexibility index (Phi) is 7.73. The van der Waals surface area contributed by atoms with Gasteiger partial charge in [0, 0.05) is 41.8 Å². The van der Waals surface area contributed by atoms with Crippen LogP contribution in [0.4, 0.5) is 4.79 Å². The average molecular weight is 536 g/mol. The van der Waals surface area contributed by atoms with Crippen LogP contribution in [-0.4, -0.2) is 55.5 Å². The molecule has 0 saturated carbocycles. The van der Waals surface area contributed by atoms with Gasteiger partial charge in [0.1, 0.15) is 10.8 Å². The van der Waals surface area contributed by atoms with Crippen LogP contribution >= 0.6 is 11.3 Å². The summed E-state index contributed by atoms with van der Waals surface area (Å²) in [5.41, 5.74) is 3.81. The highest BCUT2D eigenvalue weighted by atomic mass is 32.1. The van der Waals surface area contributed by atoms with Crippen LogP contribution in [0.2, 0.25) is 0 Å². The van der Waals surface area contributed by atoms with Crippen LogP contribution in [0.5, 0.6) is 11.6 Å². The molecule has 1 aliphatic heterocycles. The lowest BCUT2D eigenvalue weighted by Crippen LogP contribution is -2.43. The average Bonchev–Trinajstić information content (AvgIpc) is 3.58. The largest absolute Gasteiger partial charge is 0.494 e. The number of hydrogen-bond acceptors (Lipinski definition) is 8. The molecule has 0 aliphatic carbocycles. The zero-order valence-corrected chi connectivity index (χ0v) is 23.0. The Bertz CT molecular complexity index is 1420. The SMILES string of the molecule is CCN1C(=O)NC(c2nc(C)cs2)CCCCCOc2nc(cn3ccnc23)-c2cc(ncc2OC)[C@H]1C. The number of amides is 2. The Hall–Kier alpha value is -3.73. The molecule has 5 rings (SSSR count). The number of methoxy groups -OCH3 is 1. The number of carbonyl (C=O) groups is 1. The molecule has 4 aromatic rings. The molecule has 11 heteroatoms. The van der Waals surface area contributed by atoms with Crippen molar-refractivity contribution in [1.82, 2.24) is 34.6 Å². The summed E-state index contributed by atoms with van der Waals surface area (Å²) >= 11 is 1.59. The van der Waals surface area contributed by atoms with Crippen LogP contribution in [0.1, 0.15) is 68.0 Å². The van der Waals surface area contributed by atoms with Crippen molar-refractivity contribution in [3.63, 3.8) is 0 Å². The Labute approximate surface area is 226 Å². The first-order chi connectivity index (χ1) is 18.5. The number of aryl methyl sites for hydroxylation is 1. The van der Waals surface area contributed by atoms with Crippen LogP contribution in [0, 0.1) is 6.92 Å². The fraction of sp³-hybridized carbons (Fsp3) is 0.444. The summed E-state index contributed by atoms with van der Waals surface area (Å²) in [5.74, 6) is 1.07. The molecule has 1 aliphatic rings. The van der Waals surface area contributed by atoms with Crippen molar-refractivity contribution >= 4 is 23.0 Å². The monoisotopic (exact) mass is 535 g/mol. The van der Waals surface area contributed by atoms with E-state index in [-0.39, 0.29) is 18.1 Å². The molecule has 1 unspecified atom stereocenters. The molecule has 0 spiro atoms. The maximum Gasteiger partial charge on any atom is 0.318 e. The van der Waals surface area contributed by atoms with Gasteiger partial charge in [-0.15, -0.1) is 11.3 Å². The van der Waals surface area contributed by atoms with Gasteiger partial charge in [0.2, 0.25) is 5.65 Å². The molecule has 200 valence electrons. The van der Waals surface area contributed by atoms with E-state index in [1.54, 1.807) is 35.7 Å². The van der Waals surface area contributed by atoms with Gasteiger partial charge < -0.3 is 24.1 Å². The highest BCUT2D eigenvalue weighted by molar-refractivity contribution is 7.09. The number of nitrogens with one attached hydrogen (secondary N) is 1. The van der Waals surface area contributed by atoms with E-state index < -0.39 is 0 Å². The molecular weight excluding hydrogens is 502 g/mol. The van der Waals surface area contributed by atoms with Gasteiger partial charge in [-0.05, 0) is 46.1 Å². The Morgan fingerprint density at radius 2 is 2.11 bits per heavy atom. The van der Waals surface area contributed by atoms with Gasteiger partial charge >= 0.3 is 6.03 Å². The molecule has 38 heavy (non-hydrogen) atoms. The topological polar surface area (TPSA) is 107 Å². The maximum absolute atomic E-state index is 13.6. The Balaban J connectivity index is 1.56. The third-order valence-electron chi connectivity index (χ3n) is 6.83. The van der Waals surface area contributed by atoms with E-state index in [1.807, 2.05) is 49.0 Å². The molecule has 0 aromatic carbocycles. The number of hydrogen-bond donors (Lipinski definition) is 1.